The van der Waals surface area contributed by atoms with Crippen LogP contribution in [0.15, 0.2) is 18.3 Å². The highest BCUT2D eigenvalue weighted by atomic mass is 19.4. The Hall–Kier alpha value is -1.30. The van der Waals surface area contributed by atoms with Gasteiger partial charge in [-0.2, -0.15) is 13.2 Å². The lowest BCUT2D eigenvalue weighted by molar-refractivity contribution is -0.137. The Morgan fingerprint density at radius 1 is 1.42 bits per heavy atom. The quantitative estimate of drug-likeness (QED) is 0.829. The number of nitrogens with zero attached hydrogens (tertiary/aromatic N) is 2. The van der Waals surface area contributed by atoms with Crippen molar-refractivity contribution < 1.29 is 17.9 Å². The number of rotatable bonds is 2. The van der Waals surface area contributed by atoms with Crippen molar-refractivity contribution >= 4 is 5.82 Å². The van der Waals surface area contributed by atoms with Crippen molar-refractivity contribution in [1.29, 1.82) is 0 Å². The molecule has 2 unspecified atom stereocenters. The average Bonchev–Trinajstić information content (AvgIpc) is 2.38. The second kappa shape index (κ2) is 5.36. The number of ether oxygens (including phenoxy) is 1. The van der Waals surface area contributed by atoms with Gasteiger partial charge < -0.3 is 9.64 Å². The number of hydrogen-bond acceptors (Lipinski definition) is 3. The molecule has 2 rings (SSSR count). The highest BCUT2D eigenvalue weighted by Crippen LogP contribution is 2.36. The van der Waals surface area contributed by atoms with E-state index in [1.807, 2.05) is 0 Å². The first-order valence-electron chi connectivity index (χ1n) is 6.23. The van der Waals surface area contributed by atoms with Crippen LogP contribution in [0.4, 0.5) is 19.0 Å². The fourth-order valence-corrected chi connectivity index (χ4v) is 2.40. The van der Waals surface area contributed by atoms with Crippen LogP contribution in [0.3, 0.4) is 0 Å². The van der Waals surface area contributed by atoms with E-state index in [0.29, 0.717) is 19.0 Å². The Labute approximate surface area is 110 Å². The van der Waals surface area contributed by atoms with E-state index in [1.165, 1.54) is 12.3 Å². The zero-order valence-electron chi connectivity index (χ0n) is 10.9. The largest absolute Gasteiger partial charge is 0.419 e. The molecule has 0 radical (unpaired) electrons. The molecule has 1 saturated heterocycles. The predicted molar refractivity (Wildman–Crippen MR) is 66.0 cm³/mol. The van der Waals surface area contributed by atoms with Gasteiger partial charge in [-0.3, -0.25) is 0 Å². The summed E-state index contributed by atoms with van der Waals surface area (Å²) in [6.45, 7) is 3.06. The van der Waals surface area contributed by atoms with E-state index < -0.39 is 11.7 Å². The number of piperidine rings is 1. The molecule has 0 bridgehead atoms. The fraction of sp³-hybridized carbons (Fsp3) is 0.615. The van der Waals surface area contributed by atoms with Gasteiger partial charge in [-0.05, 0) is 24.5 Å². The number of alkyl halides is 3. The van der Waals surface area contributed by atoms with E-state index in [1.54, 1.807) is 12.0 Å². The van der Waals surface area contributed by atoms with Crippen molar-refractivity contribution in [1.82, 2.24) is 4.98 Å². The van der Waals surface area contributed by atoms with Crippen LogP contribution < -0.4 is 4.90 Å². The molecule has 0 aromatic carbocycles. The van der Waals surface area contributed by atoms with E-state index in [9.17, 15) is 13.2 Å². The van der Waals surface area contributed by atoms with Gasteiger partial charge in [0, 0.05) is 26.4 Å². The van der Waals surface area contributed by atoms with Crippen LogP contribution in [0.2, 0.25) is 0 Å². The van der Waals surface area contributed by atoms with E-state index in [-0.39, 0.29) is 11.9 Å². The van der Waals surface area contributed by atoms with Crippen LogP contribution in [0.5, 0.6) is 0 Å². The number of halogens is 3. The summed E-state index contributed by atoms with van der Waals surface area (Å²) in [6, 6.07) is 2.38. The number of pyridine rings is 1. The molecule has 6 heteroatoms. The lowest BCUT2D eigenvalue weighted by Gasteiger charge is -2.37. The summed E-state index contributed by atoms with van der Waals surface area (Å²) in [5.74, 6) is 0.350. The van der Waals surface area contributed by atoms with Crippen molar-refractivity contribution in [2.45, 2.75) is 25.6 Å². The minimum Gasteiger partial charge on any atom is -0.379 e. The first-order valence-corrected chi connectivity index (χ1v) is 6.23. The van der Waals surface area contributed by atoms with Gasteiger partial charge in [-0.1, -0.05) is 6.92 Å². The highest BCUT2D eigenvalue weighted by Gasteiger charge is 2.37. The van der Waals surface area contributed by atoms with Gasteiger partial charge in [-0.25, -0.2) is 4.98 Å². The smallest absolute Gasteiger partial charge is 0.379 e. The SMILES string of the molecule is COC1CN(c2ncccc2C(F)(F)F)CCC1C. The summed E-state index contributed by atoms with van der Waals surface area (Å²) in [7, 11) is 1.59. The summed E-state index contributed by atoms with van der Waals surface area (Å²) in [4.78, 5) is 5.58. The zero-order chi connectivity index (χ0) is 14.0. The number of methoxy groups -OCH3 is 1. The minimum absolute atomic E-state index is 0.00366. The molecule has 1 aromatic rings. The first-order chi connectivity index (χ1) is 8.93. The molecule has 19 heavy (non-hydrogen) atoms. The van der Waals surface area contributed by atoms with E-state index >= 15 is 0 Å². The molecule has 106 valence electrons. The standard InChI is InChI=1S/C13H17F3N2O/c1-9-5-7-18(8-11(9)19-2)12-10(13(14,15)16)4-3-6-17-12/h3-4,6,9,11H,5,7-8H2,1-2H3. The van der Waals surface area contributed by atoms with Gasteiger partial charge in [0.15, 0.2) is 0 Å². The van der Waals surface area contributed by atoms with Crippen LogP contribution in [-0.4, -0.2) is 31.3 Å². The van der Waals surface area contributed by atoms with Crippen LogP contribution >= 0.6 is 0 Å². The highest BCUT2D eigenvalue weighted by molar-refractivity contribution is 5.48. The summed E-state index contributed by atoms with van der Waals surface area (Å²) in [5, 5.41) is 0. The Balaban J connectivity index is 2.27. The lowest BCUT2D eigenvalue weighted by Crippen LogP contribution is -2.44. The topological polar surface area (TPSA) is 25.4 Å². The number of aromatic nitrogens is 1. The van der Waals surface area contributed by atoms with Gasteiger partial charge in [0.1, 0.15) is 5.82 Å². The molecule has 3 nitrogen and oxygen atoms in total. The van der Waals surface area contributed by atoms with Crippen molar-refractivity contribution in [2.24, 2.45) is 5.92 Å². The van der Waals surface area contributed by atoms with Crippen molar-refractivity contribution in [2.75, 3.05) is 25.1 Å². The zero-order valence-corrected chi connectivity index (χ0v) is 10.9. The van der Waals surface area contributed by atoms with Crippen LogP contribution in [0, 0.1) is 5.92 Å². The van der Waals surface area contributed by atoms with E-state index in [2.05, 4.69) is 11.9 Å². The molecule has 1 aromatic heterocycles. The molecule has 1 aliphatic rings. The van der Waals surface area contributed by atoms with Crippen molar-refractivity contribution in [3.8, 4) is 0 Å². The second-order valence-corrected chi connectivity index (χ2v) is 4.86. The van der Waals surface area contributed by atoms with Crippen LogP contribution in [0.1, 0.15) is 18.9 Å². The van der Waals surface area contributed by atoms with Gasteiger partial charge in [0.25, 0.3) is 0 Å². The molecule has 0 N–H and O–H groups in total. The third kappa shape index (κ3) is 3.00. The third-order valence-corrected chi connectivity index (χ3v) is 3.58. The monoisotopic (exact) mass is 274 g/mol. The van der Waals surface area contributed by atoms with Crippen LogP contribution in [0.25, 0.3) is 0 Å². The second-order valence-electron chi connectivity index (χ2n) is 4.86. The Morgan fingerprint density at radius 2 is 2.16 bits per heavy atom. The third-order valence-electron chi connectivity index (χ3n) is 3.58. The summed E-state index contributed by atoms with van der Waals surface area (Å²) in [6.07, 6.45) is -2.25. The van der Waals surface area contributed by atoms with Crippen LogP contribution in [-0.2, 0) is 10.9 Å². The molecule has 0 aliphatic carbocycles. The predicted octanol–water partition coefficient (Wildman–Crippen LogP) is 2.96. The maximum absolute atomic E-state index is 13.0. The molecule has 2 atom stereocenters. The van der Waals surface area contributed by atoms with Crippen molar-refractivity contribution in [3.63, 3.8) is 0 Å². The Morgan fingerprint density at radius 3 is 2.79 bits per heavy atom. The molecule has 0 saturated carbocycles. The fourth-order valence-electron chi connectivity index (χ4n) is 2.40. The van der Waals surface area contributed by atoms with E-state index in [4.69, 9.17) is 4.74 Å². The normalized spacial score (nSPS) is 24.6. The van der Waals surface area contributed by atoms with E-state index in [0.717, 1.165) is 12.5 Å². The maximum Gasteiger partial charge on any atom is 0.419 e. The Bertz CT molecular complexity index is 436. The molecule has 1 aliphatic heterocycles. The van der Waals surface area contributed by atoms with Gasteiger partial charge in [-0.15, -0.1) is 0 Å². The summed E-state index contributed by atoms with van der Waals surface area (Å²) >= 11 is 0. The average molecular weight is 274 g/mol. The van der Waals surface area contributed by atoms with Gasteiger partial charge >= 0.3 is 6.18 Å². The molecular weight excluding hydrogens is 257 g/mol. The number of anilines is 1. The number of hydrogen-bond donors (Lipinski definition) is 0. The maximum atomic E-state index is 13.0. The molecule has 0 spiro atoms. The Kier molecular flexibility index (Phi) is 3.99. The molecule has 1 fully saturated rings. The summed E-state index contributed by atoms with van der Waals surface area (Å²) < 4.78 is 44.2. The van der Waals surface area contributed by atoms with Crippen molar-refractivity contribution in [3.05, 3.63) is 23.9 Å². The molecule has 0 amide bonds. The lowest BCUT2D eigenvalue weighted by atomic mass is 9.95. The first kappa shape index (κ1) is 14.1. The molecule has 2 heterocycles. The summed E-state index contributed by atoms with van der Waals surface area (Å²) in [5.41, 5.74) is -0.681. The molecular formula is C13H17F3N2O. The van der Waals surface area contributed by atoms with Gasteiger partial charge in [0.05, 0.1) is 11.7 Å². The minimum atomic E-state index is -4.38. The van der Waals surface area contributed by atoms with Gasteiger partial charge in [0.2, 0.25) is 0 Å².